The molecule has 0 bridgehead atoms. The zero-order valence-corrected chi connectivity index (χ0v) is 17.0. The number of hydrogen-bond acceptors (Lipinski definition) is 5. The van der Waals surface area contributed by atoms with Crippen molar-refractivity contribution in [1.82, 2.24) is 0 Å². The molecule has 2 amide bonds. The van der Waals surface area contributed by atoms with Crippen LogP contribution in [-0.2, 0) is 9.59 Å². The van der Waals surface area contributed by atoms with E-state index in [2.05, 4.69) is 5.32 Å². The zero-order chi connectivity index (χ0) is 21.6. The van der Waals surface area contributed by atoms with Crippen LogP contribution in [-0.4, -0.2) is 32.1 Å². The van der Waals surface area contributed by atoms with Gasteiger partial charge in [0.05, 0.1) is 12.8 Å². The maximum absolute atomic E-state index is 12.4. The molecule has 0 radical (unpaired) electrons. The Balaban J connectivity index is 1.34. The van der Waals surface area contributed by atoms with Gasteiger partial charge < -0.3 is 24.4 Å². The van der Waals surface area contributed by atoms with Gasteiger partial charge in [0.25, 0.3) is 5.91 Å². The van der Waals surface area contributed by atoms with Gasteiger partial charge in [-0.2, -0.15) is 0 Å². The molecule has 4 rings (SSSR count). The highest BCUT2D eigenvalue weighted by atomic mass is 16.5. The highest BCUT2D eigenvalue weighted by Gasteiger charge is 2.25. The van der Waals surface area contributed by atoms with E-state index in [0.717, 1.165) is 0 Å². The minimum Gasteiger partial charge on any atom is -0.493 e. The number of hydrogen-bond donors (Lipinski definition) is 1. The Morgan fingerprint density at radius 1 is 1.00 bits per heavy atom. The molecule has 0 fully saturated rings. The SMILES string of the molecule is COc1ccccc1Oc1ccc(NC(=O)CCN2C(=O)COc3ccccc32)cc1. The maximum Gasteiger partial charge on any atom is 0.265 e. The molecule has 0 atom stereocenters. The van der Waals surface area contributed by atoms with E-state index in [-0.39, 0.29) is 31.4 Å². The third-order valence-corrected chi connectivity index (χ3v) is 4.81. The van der Waals surface area contributed by atoms with Crippen molar-refractivity contribution in [1.29, 1.82) is 0 Å². The van der Waals surface area contributed by atoms with Crippen molar-refractivity contribution in [2.45, 2.75) is 6.42 Å². The molecular formula is C24H22N2O5. The van der Waals surface area contributed by atoms with Gasteiger partial charge in [0, 0.05) is 18.7 Å². The number of carbonyl (C=O) groups is 2. The molecule has 0 unspecified atom stereocenters. The summed E-state index contributed by atoms with van der Waals surface area (Å²) in [6, 6.07) is 21.7. The predicted molar refractivity (Wildman–Crippen MR) is 117 cm³/mol. The summed E-state index contributed by atoms with van der Waals surface area (Å²) in [6.07, 6.45) is 0.166. The van der Waals surface area contributed by atoms with Gasteiger partial charge in [0.15, 0.2) is 18.1 Å². The molecule has 158 valence electrons. The average Bonchev–Trinajstić information content (AvgIpc) is 2.80. The molecule has 31 heavy (non-hydrogen) atoms. The summed E-state index contributed by atoms with van der Waals surface area (Å²) < 4.78 is 16.5. The molecule has 7 heteroatoms. The highest BCUT2D eigenvalue weighted by molar-refractivity contribution is 5.99. The monoisotopic (exact) mass is 418 g/mol. The van der Waals surface area contributed by atoms with E-state index in [9.17, 15) is 9.59 Å². The lowest BCUT2D eigenvalue weighted by atomic mass is 10.2. The van der Waals surface area contributed by atoms with Crippen LogP contribution in [0.3, 0.4) is 0 Å². The van der Waals surface area contributed by atoms with Gasteiger partial charge in [-0.05, 0) is 48.5 Å². The minimum absolute atomic E-state index is 0.0215. The number of anilines is 2. The quantitative estimate of drug-likeness (QED) is 0.621. The predicted octanol–water partition coefficient (Wildman–Crippen LogP) is 4.24. The van der Waals surface area contributed by atoms with Crippen molar-refractivity contribution >= 4 is 23.2 Å². The topological polar surface area (TPSA) is 77.1 Å². The molecule has 1 aliphatic heterocycles. The van der Waals surface area contributed by atoms with Crippen molar-refractivity contribution in [2.75, 3.05) is 30.5 Å². The number of rotatable bonds is 7. The average molecular weight is 418 g/mol. The highest BCUT2D eigenvalue weighted by Crippen LogP contribution is 2.32. The lowest BCUT2D eigenvalue weighted by molar-refractivity contribution is -0.121. The number of nitrogens with zero attached hydrogens (tertiary/aromatic N) is 1. The van der Waals surface area contributed by atoms with Crippen LogP contribution in [0.15, 0.2) is 72.8 Å². The van der Waals surface area contributed by atoms with Gasteiger partial charge in [-0.15, -0.1) is 0 Å². The van der Waals surface area contributed by atoms with E-state index in [0.29, 0.717) is 34.4 Å². The maximum atomic E-state index is 12.4. The fourth-order valence-corrected chi connectivity index (χ4v) is 3.27. The summed E-state index contributed by atoms with van der Waals surface area (Å²) in [5, 5.41) is 2.85. The molecular weight excluding hydrogens is 396 g/mol. The fraction of sp³-hybridized carbons (Fsp3) is 0.167. The van der Waals surface area contributed by atoms with E-state index in [4.69, 9.17) is 14.2 Å². The number of carbonyl (C=O) groups excluding carboxylic acids is 2. The first-order valence-corrected chi connectivity index (χ1v) is 9.87. The second kappa shape index (κ2) is 9.21. The van der Waals surface area contributed by atoms with Crippen LogP contribution in [0.5, 0.6) is 23.0 Å². The minimum atomic E-state index is -0.185. The summed E-state index contributed by atoms with van der Waals surface area (Å²) in [7, 11) is 1.59. The first-order valence-electron chi connectivity index (χ1n) is 9.87. The lowest BCUT2D eigenvalue weighted by Crippen LogP contribution is -2.40. The van der Waals surface area contributed by atoms with Crippen molar-refractivity contribution in [3.8, 4) is 23.0 Å². The van der Waals surface area contributed by atoms with E-state index in [1.807, 2.05) is 48.5 Å². The van der Waals surface area contributed by atoms with Crippen LogP contribution >= 0.6 is 0 Å². The van der Waals surface area contributed by atoms with Crippen LogP contribution in [0.4, 0.5) is 11.4 Å². The van der Waals surface area contributed by atoms with Gasteiger partial charge in [-0.1, -0.05) is 24.3 Å². The first kappa shape index (κ1) is 20.3. The Morgan fingerprint density at radius 3 is 2.48 bits per heavy atom. The number of nitrogens with one attached hydrogen (secondary N) is 1. The molecule has 3 aromatic carbocycles. The van der Waals surface area contributed by atoms with Crippen molar-refractivity contribution < 1.29 is 23.8 Å². The summed E-state index contributed by atoms with van der Waals surface area (Å²) in [5.41, 5.74) is 1.33. The molecule has 1 heterocycles. The van der Waals surface area contributed by atoms with E-state index >= 15 is 0 Å². The number of benzene rings is 3. The first-order chi connectivity index (χ1) is 15.1. The number of para-hydroxylation sites is 4. The normalized spacial score (nSPS) is 12.5. The summed E-state index contributed by atoms with van der Waals surface area (Å²) in [4.78, 5) is 26.2. The van der Waals surface area contributed by atoms with Crippen molar-refractivity contribution in [3.63, 3.8) is 0 Å². The number of fused-ring (bicyclic) bond motifs is 1. The Hall–Kier alpha value is -4.00. The summed E-state index contributed by atoms with van der Waals surface area (Å²) in [5.74, 6) is 2.17. The van der Waals surface area contributed by atoms with Gasteiger partial charge >= 0.3 is 0 Å². The number of methoxy groups -OCH3 is 1. The standard InChI is InChI=1S/C24H22N2O5/c1-29-21-8-4-5-9-22(21)31-18-12-10-17(11-13-18)25-23(27)14-15-26-19-6-2-3-7-20(19)30-16-24(26)28/h2-13H,14-16H2,1H3,(H,25,27). The number of amides is 2. The second-order valence-corrected chi connectivity index (χ2v) is 6.88. The van der Waals surface area contributed by atoms with E-state index in [1.165, 1.54) is 0 Å². The fourth-order valence-electron chi connectivity index (χ4n) is 3.27. The van der Waals surface area contributed by atoms with Crippen molar-refractivity contribution in [3.05, 3.63) is 72.8 Å². The zero-order valence-electron chi connectivity index (χ0n) is 17.0. The third kappa shape index (κ3) is 4.78. The Labute approximate surface area is 180 Å². The molecule has 0 saturated heterocycles. The lowest BCUT2D eigenvalue weighted by Gasteiger charge is -2.29. The van der Waals surface area contributed by atoms with E-state index in [1.54, 1.807) is 36.3 Å². The molecule has 0 saturated carbocycles. The molecule has 1 N–H and O–H groups in total. The Bertz CT molecular complexity index is 1080. The molecule has 0 aliphatic carbocycles. The van der Waals surface area contributed by atoms with Crippen LogP contribution in [0.25, 0.3) is 0 Å². The van der Waals surface area contributed by atoms with Gasteiger partial charge in [-0.25, -0.2) is 0 Å². The van der Waals surface area contributed by atoms with Crippen LogP contribution in [0.1, 0.15) is 6.42 Å². The number of ether oxygens (including phenoxy) is 3. The second-order valence-electron chi connectivity index (χ2n) is 6.88. The molecule has 3 aromatic rings. The van der Waals surface area contributed by atoms with Gasteiger partial charge in [-0.3, -0.25) is 9.59 Å². The van der Waals surface area contributed by atoms with Gasteiger partial charge in [0.2, 0.25) is 5.91 Å². The smallest absolute Gasteiger partial charge is 0.265 e. The molecule has 1 aliphatic rings. The summed E-state index contributed by atoms with van der Waals surface area (Å²) >= 11 is 0. The largest absolute Gasteiger partial charge is 0.493 e. The van der Waals surface area contributed by atoms with Gasteiger partial charge in [0.1, 0.15) is 11.5 Å². The Morgan fingerprint density at radius 2 is 1.71 bits per heavy atom. The van der Waals surface area contributed by atoms with E-state index < -0.39 is 0 Å². The van der Waals surface area contributed by atoms with Crippen LogP contribution < -0.4 is 24.4 Å². The van der Waals surface area contributed by atoms with Crippen molar-refractivity contribution in [2.24, 2.45) is 0 Å². The molecule has 0 aromatic heterocycles. The molecule has 7 nitrogen and oxygen atoms in total. The Kier molecular flexibility index (Phi) is 6.03. The third-order valence-electron chi connectivity index (χ3n) is 4.81. The van der Waals surface area contributed by atoms with Crippen LogP contribution in [0, 0.1) is 0 Å². The van der Waals surface area contributed by atoms with Crippen LogP contribution in [0.2, 0.25) is 0 Å². The summed E-state index contributed by atoms with van der Waals surface area (Å²) in [6.45, 7) is 0.256. The molecule has 0 spiro atoms.